The SMILES string of the molecule is C/C=C/c1ccccc1Oc1cc(N)nc(C2CC2)n1. The molecule has 1 aliphatic rings. The van der Waals surface area contributed by atoms with Gasteiger partial charge in [-0.25, -0.2) is 4.98 Å². The number of anilines is 1. The van der Waals surface area contributed by atoms with Crippen LogP contribution in [0.3, 0.4) is 0 Å². The topological polar surface area (TPSA) is 61.0 Å². The first-order chi connectivity index (χ1) is 9.76. The first-order valence-electron chi connectivity index (χ1n) is 6.80. The van der Waals surface area contributed by atoms with Gasteiger partial charge in [-0.3, -0.25) is 0 Å². The van der Waals surface area contributed by atoms with Crippen LogP contribution in [0, 0.1) is 0 Å². The zero-order chi connectivity index (χ0) is 13.9. The quantitative estimate of drug-likeness (QED) is 0.916. The van der Waals surface area contributed by atoms with E-state index in [1.807, 2.05) is 43.3 Å². The average Bonchev–Trinajstić information content (AvgIpc) is 3.25. The predicted molar refractivity (Wildman–Crippen MR) is 79.6 cm³/mol. The molecule has 0 amide bonds. The highest BCUT2D eigenvalue weighted by molar-refractivity contribution is 5.57. The summed E-state index contributed by atoms with van der Waals surface area (Å²) in [6, 6.07) is 9.51. The highest BCUT2D eigenvalue weighted by Gasteiger charge is 2.27. The van der Waals surface area contributed by atoms with Crippen molar-refractivity contribution in [3.8, 4) is 11.6 Å². The van der Waals surface area contributed by atoms with E-state index in [0.29, 0.717) is 17.6 Å². The number of benzene rings is 1. The lowest BCUT2D eigenvalue weighted by atomic mass is 10.2. The third-order valence-corrected chi connectivity index (χ3v) is 3.16. The Morgan fingerprint density at radius 1 is 1.25 bits per heavy atom. The fourth-order valence-corrected chi connectivity index (χ4v) is 2.04. The summed E-state index contributed by atoms with van der Waals surface area (Å²) in [7, 11) is 0. The number of nitrogens with zero attached hydrogens (tertiary/aromatic N) is 2. The summed E-state index contributed by atoms with van der Waals surface area (Å²) in [5, 5.41) is 0. The lowest BCUT2D eigenvalue weighted by molar-refractivity contribution is 0.458. The van der Waals surface area contributed by atoms with Gasteiger partial charge in [0.05, 0.1) is 0 Å². The molecule has 1 aromatic heterocycles. The highest BCUT2D eigenvalue weighted by Crippen LogP contribution is 2.39. The van der Waals surface area contributed by atoms with Crippen LogP contribution in [0.15, 0.2) is 36.4 Å². The van der Waals surface area contributed by atoms with Crippen molar-refractivity contribution < 1.29 is 4.74 Å². The van der Waals surface area contributed by atoms with Crippen LogP contribution in [0.5, 0.6) is 11.6 Å². The van der Waals surface area contributed by atoms with Gasteiger partial charge in [0.2, 0.25) is 5.88 Å². The second-order valence-electron chi connectivity index (χ2n) is 4.90. The maximum atomic E-state index is 5.88. The molecule has 0 radical (unpaired) electrons. The highest BCUT2D eigenvalue weighted by atomic mass is 16.5. The molecule has 2 N–H and O–H groups in total. The largest absolute Gasteiger partial charge is 0.438 e. The zero-order valence-electron chi connectivity index (χ0n) is 11.4. The van der Waals surface area contributed by atoms with E-state index in [1.54, 1.807) is 6.07 Å². The molecular weight excluding hydrogens is 250 g/mol. The van der Waals surface area contributed by atoms with E-state index in [-0.39, 0.29) is 0 Å². The van der Waals surface area contributed by atoms with Gasteiger partial charge in [-0.05, 0) is 25.8 Å². The van der Waals surface area contributed by atoms with E-state index in [0.717, 1.165) is 30.0 Å². The molecule has 0 saturated heterocycles. The molecule has 1 aliphatic carbocycles. The lowest BCUT2D eigenvalue weighted by Crippen LogP contribution is -2.00. The van der Waals surface area contributed by atoms with Gasteiger partial charge in [-0.1, -0.05) is 30.4 Å². The number of allylic oxidation sites excluding steroid dienone is 1. The van der Waals surface area contributed by atoms with Crippen LogP contribution in [0.1, 0.15) is 37.1 Å². The van der Waals surface area contributed by atoms with Crippen LogP contribution >= 0.6 is 0 Å². The summed E-state index contributed by atoms with van der Waals surface area (Å²) < 4.78 is 5.88. The number of rotatable bonds is 4. The fraction of sp³-hybridized carbons (Fsp3) is 0.250. The number of nitrogen functional groups attached to an aromatic ring is 1. The Kier molecular flexibility index (Phi) is 3.37. The van der Waals surface area contributed by atoms with Crippen LogP contribution in [0.2, 0.25) is 0 Å². The number of hydrogen-bond donors (Lipinski definition) is 1. The summed E-state index contributed by atoms with van der Waals surface area (Å²) in [5.74, 6) is 2.98. The normalized spacial score (nSPS) is 14.7. The van der Waals surface area contributed by atoms with Crippen molar-refractivity contribution in [2.45, 2.75) is 25.7 Å². The summed E-state index contributed by atoms with van der Waals surface area (Å²) >= 11 is 0. The van der Waals surface area contributed by atoms with E-state index in [1.165, 1.54) is 0 Å². The molecule has 1 fully saturated rings. The molecule has 1 saturated carbocycles. The first kappa shape index (κ1) is 12.7. The molecule has 102 valence electrons. The van der Waals surface area contributed by atoms with Gasteiger partial charge in [0.1, 0.15) is 17.4 Å². The van der Waals surface area contributed by atoms with Gasteiger partial charge in [0.25, 0.3) is 0 Å². The second-order valence-corrected chi connectivity index (χ2v) is 4.90. The van der Waals surface area contributed by atoms with Crippen molar-refractivity contribution in [1.29, 1.82) is 0 Å². The Morgan fingerprint density at radius 2 is 2.05 bits per heavy atom. The smallest absolute Gasteiger partial charge is 0.224 e. The molecule has 4 heteroatoms. The average molecular weight is 267 g/mol. The molecule has 0 atom stereocenters. The Labute approximate surface area is 118 Å². The van der Waals surface area contributed by atoms with E-state index in [9.17, 15) is 0 Å². The van der Waals surface area contributed by atoms with Crippen LogP contribution in [0.25, 0.3) is 6.08 Å². The second kappa shape index (κ2) is 5.33. The number of ether oxygens (including phenoxy) is 1. The van der Waals surface area contributed by atoms with Gasteiger partial charge >= 0.3 is 0 Å². The van der Waals surface area contributed by atoms with Crippen molar-refractivity contribution in [3.05, 3.63) is 47.8 Å². The minimum Gasteiger partial charge on any atom is -0.438 e. The summed E-state index contributed by atoms with van der Waals surface area (Å²) in [6.07, 6.45) is 6.25. The van der Waals surface area contributed by atoms with Crippen molar-refractivity contribution in [2.24, 2.45) is 0 Å². The van der Waals surface area contributed by atoms with Gasteiger partial charge in [-0.2, -0.15) is 4.98 Å². The van der Waals surface area contributed by atoms with Gasteiger partial charge < -0.3 is 10.5 Å². The lowest BCUT2D eigenvalue weighted by Gasteiger charge is -2.09. The number of nitrogens with two attached hydrogens (primary N) is 1. The molecule has 2 aromatic rings. The van der Waals surface area contributed by atoms with Crippen LogP contribution in [-0.4, -0.2) is 9.97 Å². The van der Waals surface area contributed by atoms with E-state index in [4.69, 9.17) is 10.5 Å². The molecular formula is C16H17N3O. The third kappa shape index (κ3) is 2.79. The number of para-hydroxylation sites is 1. The molecule has 1 heterocycles. The van der Waals surface area contributed by atoms with E-state index >= 15 is 0 Å². The minimum atomic E-state index is 0.451. The van der Waals surface area contributed by atoms with Crippen molar-refractivity contribution in [2.75, 3.05) is 5.73 Å². The zero-order valence-corrected chi connectivity index (χ0v) is 11.4. The minimum absolute atomic E-state index is 0.451. The predicted octanol–water partition coefficient (Wildman–Crippen LogP) is 3.76. The van der Waals surface area contributed by atoms with Crippen molar-refractivity contribution in [3.63, 3.8) is 0 Å². The van der Waals surface area contributed by atoms with E-state index < -0.39 is 0 Å². The summed E-state index contributed by atoms with van der Waals surface area (Å²) in [4.78, 5) is 8.72. The third-order valence-electron chi connectivity index (χ3n) is 3.16. The van der Waals surface area contributed by atoms with Crippen molar-refractivity contribution >= 4 is 11.9 Å². The van der Waals surface area contributed by atoms with Crippen LogP contribution in [-0.2, 0) is 0 Å². The summed E-state index contributed by atoms with van der Waals surface area (Å²) in [6.45, 7) is 1.98. The summed E-state index contributed by atoms with van der Waals surface area (Å²) in [5.41, 5.74) is 6.84. The fourth-order valence-electron chi connectivity index (χ4n) is 2.04. The Balaban J connectivity index is 1.91. The Hall–Kier alpha value is -2.36. The van der Waals surface area contributed by atoms with Gasteiger partial charge in [0.15, 0.2) is 0 Å². The Bertz CT molecular complexity index is 648. The molecule has 0 unspecified atom stereocenters. The molecule has 20 heavy (non-hydrogen) atoms. The maximum Gasteiger partial charge on any atom is 0.224 e. The monoisotopic (exact) mass is 267 g/mol. The standard InChI is InChI=1S/C16H17N3O/c1-2-5-11-6-3-4-7-13(11)20-15-10-14(17)18-16(19-15)12-8-9-12/h2-7,10,12H,8-9H2,1H3,(H2,17,18,19)/b5-2+. The number of hydrogen-bond acceptors (Lipinski definition) is 4. The van der Waals surface area contributed by atoms with Gasteiger partial charge in [0, 0.05) is 17.5 Å². The molecule has 4 nitrogen and oxygen atoms in total. The van der Waals surface area contributed by atoms with Crippen LogP contribution in [0.4, 0.5) is 5.82 Å². The number of aromatic nitrogens is 2. The molecule has 0 bridgehead atoms. The molecule has 0 spiro atoms. The Morgan fingerprint density at radius 3 is 2.80 bits per heavy atom. The van der Waals surface area contributed by atoms with Crippen molar-refractivity contribution in [1.82, 2.24) is 9.97 Å². The maximum absolute atomic E-state index is 5.88. The van der Waals surface area contributed by atoms with E-state index in [2.05, 4.69) is 9.97 Å². The molecule has 1 aromatic carbocycles. The van der Waals surface area contributed by atoms with Gasteiger partial charge in [-0.15, -0.1) is 0 Å². The van der Waals surface area contributed by atoms with Crippen LogP contribution < -0.4 is 10.5 Å². The molecule has 3 rings (SSSR count). The first-order valence-corrected chi connectivity index (χ1v) is 6.80. The molecule has 0 aliphatic heterocycles.